The van der Waals surface area contributed by atoms with Crippen LogP contribution in [-0.4, -0.2) is 34.8 Å². The quantitative estimate of drug-likeness (QED) is 0.728. The van der Waals surface area contributed by atoms with Crippen molar-refractivity contribution in [1.82, 2.24) is 9.88 Å². The maximum atomic E-state index is 9.18. The number of aliphatic hydroxyl groups is 1. The van der Waals surface area contributed by atoms with Crippen molar-refractivity contribution in [3.63, 3.8) is 0 Å². The second-order valence-electron chi connectivity index (χ2n) is 4.36. The van der Waals surface area contributed by atoms with E-state index in [2.05, 4.69) is 31.5 Å². The molecule has 0 saturated heterocycles. The molecule has 0 aliphatic heterocycles. The highest BCUT2D eigenvalue weighted by molar-refractivity contribution is 5.66. The lowest BCUT2D eigenvalue weighted by Crippen LogP contribution is -2.26. The van der Waals surface area contributed by atoms with Crippen molar-refractivity contribution < 1.29 is 5.11 Å². The number of aryl methyl sites for hydroxylation is 1. The molecule has 0 saturated carbocycles. The SMILES string of the molecule is C=Cc1c(/C=C\C)[nH]c(C)c1CCN(CC)CO. The molecule has 0 amide bonds. The first-order valence-corrected chi connectivity index (χ1v) is 6.47. The number of hydrogen-bond donors (Lipinski definition) is 2. The minimum absolute atomic E-state index is 0.116. The molecule has 3 nitrogen and oxygen atoms in total. The van der Waals surface area contributed by atoms with E-state index in [1.54, 1.807) is 0 Å². The van der Waals surface area contributed by atoms with Gasteiger partial charge in [-0.15, -0.1) is 0 Å². The van der Waals surface area contributed by atoms with Gasteiger partial charge in [-0.25, -0.2) is 0 Å². The van der Waals surface area contributed by atoms with Crippen LogP contribution in [0.15, 0.2) is 12.7 Å². The summed E-state index contributed by atoms with van der Waals surface area (Å²) in [6.45, 7) is 11.9. The van der Waals surface area contributed by atoms with Gasteiger partial charge in [0.15, 0.2) is 0 Å². The molecule has 0 aliphatic rings. The summed E-state index contributed by atoms with van der Waals surface area (Å²) in [7, 11) is 0. The maximum absolute atomic E-state index is 9.18. The largest absolute Gasteiger partial charge is 0.381 e. The highest BCUT2D eigenvalue weighted by Gasteiger charge is 2.11. The summed E-state index contributed by atoms with van der Waals surface area (Å²) in [4.78, 5) is 5.39. The van der Waals surface area contributed by atoms with Crippen LogP contribution in [0.4, 0.5) is 0 Å². The summed E-state index contributed by atoms with van der Waals surface area (Å²) in [5.74, 6) is 0. The van der Waals surface area contributed by atoms with E-state index in [1.807, 2.05) is 24.0 Å². The Morgan fingerprint density at radius 3 is 2.67 bits per heavy atom. The van der Waals surface area contributed by atoms with Crippen LogP contribution in [0.5, 0.6) is 0 Å². The van der Waals surface area contributed by atoms with Crippen LogP contribution in [0.1, 0.15) is 36.4 Å². The normalized spacial score (nSPS) is 11.6. The Balaban J connectivity index is 2.90. The number of aliphatic hydroxyl groups excluding tert-OH is 1. The number of aromatic nitrogens is 1. The molecule has 0 atom stereocenters. The fourth-order valence-electron chi connectivity index (χ4n) is 2.16. The van der Waals surface area contributed by atoms with Gasteiger partial charge in [0.25, 0.3) is 0 Å². The predicted molar refractivity (Wildman–Crippen MR) is 78.4 cm³/mol. The highest BCUT2D eigenvalue weighted by Crippen LogP contribution is 2.22. The summed E-state index contributed by atoms with van der Waals surface area (Å²) in [5, 5.41) is 9.18. The van der Waals surface area contributed by atoms with Crippen LogP contribution in [0, 0.1) is 6.92 Å². The van der Waals surface area contributed by atoms with Crippen LogP contribution in [0.25, 0.3) is 12.2 Å². The summed E-state index contributed by atoms with van der Waals surface area (Å²) >= 11 is 0. The molecule has 1 aromatic rings. The Bertz CT molecular complexity index is 414. The van der Waals surface area contributed by atoms with Crippen molar-refractivity contribution in [2.75, 3.05) is 19.8 Å². The van der Waals surface area contributed by atoms with Crippen LogP contribution in [0.3, 0.4) is 0 Å². The molecular formula is C15H24N2O. The molecule has 0 bridgehead atoms. The average Bonchev–Trinajstić information content (AvgIpc) is 2.67. The fraction of sp³-hybridized carbons (Fsp3) is 0.467. The molecule has 18 heavy (non-hydrogen) atoms. The number of allylic oxidation sites excluding steroid dienone is 1. The lowest BCUT2D eigenvalue weighted by atomic mass is 10.0. The van der Waals surface area contributed by atoms with Crippen LogP contribution in [-0.2, 0) is 6.42 Å². The van der Waals surface area contributed by atoms with Gasteiger partial charge >= 0.3 is 0 Å². The third-order valence-electron chi connectivity index (χ3n) is 3.25. The monoisotopic (exact) mass is 248 g/mol. The molecule has 1 rings (SSSR count). The minimum atomic E-state index is 0.116. The van der Waals surface area contributed by atoms with Crippen molar-refractivity contribution in [2.24, 2.45) is 0 Å². The van der Waals surface area contributed by atoms with Crippen molar-refractivity contribution in [3.05, 3.63) is 35.2 Å². The Labute approximate surface area is 110 Å². The number of likely N-dealkylation sites (N-methyl/N-ethyl adjacent to an activating group) is 1. The first kappa shape index (κ1) is 14.7. The number of aromatic amines is 1. The van der Waals surface area contributed by atoms with Gasteiger partial charge < -0.3 is 10.1 Å². The van der Waals surface area contributed by atoms with Gasteiger partial charge in [0, 0.05) is 23.5 Å². The van der Waals surface area contributed by atoms with Gasteiger partial charge in [0.1, 0.15) is 0 Å². The standard InChI is InChI=1S/C15H24N2O/c1-5-8-15-13(6-2)14(12(4)16-15)9-10-17(7-3)11-18/h5-6,8,16,18H,2,7,9-11H2,1,3-4H3/b8-5-. The van der Waals surface area contributed by atoms with Crippen LogP contribution < -0.4 is 0 Å². The van der Waals surface area contributed by atoms with Crippen molar-refractivity contribution >= 4 is 12.2 Å². The van der Waals surface area contributed by atoms with E-state index in [0.717, 1.165) is 25.2 Å². The average molecular weight is 248 g/mol. The second-order valence-corrected chi connectivity index (χ2v) is 4.36. The third-order valence-corrected chi connectivity index (χ3v) is 3.25. The Morgan fingerprint density at radius 2 is 2.17 bits per heavy atom. The second kappa shape index (κ2) is 7.19. The van der Waals surface area contributed by atoms with E-state index in [9.17, 15) is 5.11 Å². The van der Waals surface area contributed by atoms with E-state index in [0.29, 0.717) is 0 Å². The van der Waals surface area contributed by atoms with Crippen LogP contribution in [0.2, 0.25) is 0 Å². The van der Waals surface area contributed by atoms with Gasteiger partial charge in [-0.2, -0.15) is 0 Å². The number of hydrogen-bond acceptors (Lipinski definition) is 2. The molecule has 0 aromatic carbocycles. The molecule has 0 radical (unpaired) electrons. The van der Waals surface area contributed by atoms with E-state index in [1.165, 1.54) is 16.8 Å². The van der Waals surface area contributed by atoms with E-state index in [-0.39, 0.29) is 6.73 Å². The molecular weight excluding hydrogens is 224 g/mol. The van der Waals surface area contributed by atoms with Gasteiger partial charge in [0.05, 0.1) is 6.73 Å². The number of H-pyrrole nitrogens is 1. The summed E-state index contributed by atoms with van der Waals surface area (Å²) in [6, 6.07) is 0. The Kier molecular flexibility index (Phi) is 5.89. The zero-order valence-corrected chi connectivity index (χ0v) is 11.7. The van der Waals surface area contributed by atoms with Crippen molar-refractivity contribution in [3.8, 4) is 0 Å². The molecule has 1 heterocycles. The molecule has 2 N–H and O–H groups in total. The molecule has 3 heteroatoms. The van der Waals surface area contributed by atoms with Gasteiger partial charge in [-0.1, -0.05) is 25.7 Å². The zero-order chi connectivity index (χ0) is 13.5. The fourth-order valence-corrected chi connectivity index (χ4v) is 2.16. The van der Waals surface area contributed by atoms with Gasteiger partial charge in [-0.3, -0.25) is 4.90 Å². The zero-order valence-electron chi connectivity index (χ0n) is 11.7. The Morgan fingerprint density at radius 1 is 1.44 bits per heavy atom. The lowest BCUT2D eigenvalue weighted by Gasteiger charge is -2.17. The van der Waals surface area contributed by atoms with Crippen LogP contribution >= 0.6 is 0 Å². The molecule has 1 aromatic heterocycles. The molecule has 0 fully saturated rings. The molecule has 0 unspecified atom stereocenters. The topological polar surface area (TPSA) is 39.3 Å². The predicted octanol–water partition coefficient (Wildman–Crippen LogP) is 2.81. The number of nitrogens with one attached hydrogen (secondary N) is 1. The van der Waals surface area contributed by atoms with Gasteiger partial charge in [0.2, 0.25) is 0 Å². The van der Waals surface area contributed by atoms with E-state index < -0.39 is 0 Å². The number of rotatable bonds is 7. The summed E-state index contributed by atoms with van der Waals surface area (Å²) in [6.07, 6.45) is 6.92. The highest BCUT2D eigenvalue weighted by atomic mass is 16.3. The maximum Gasteiger partial charge on any atom is 0.0956 e. The lowest BCUT2D eigenvalue weighted by molar-refractivity contribution is 0.114. The van der Waals surface area contributed by atoms with Gasteiger partial charge in [-0.05, 0) is 38.5 Å². The van der Waals surface area contributed by atoms with E-state index >= 15 is 0 Å². The first-order chi connectivity index (χ1) is 8.67. The minimum Gasteiger partial charge on any atom is -0.381 e. The third kappa shape index (κ3) is 3.34. The summed E-state index contributed by atoms with van der Waals surface area (Å²) < 4.78 is 0. The molecule has 0 aliphatic carbocycles. The molecule has 0 spiro atoms. The van der Waals surface area contributed by atoms with E-state index in [4.69, 9.17) is 0 Å². The summed E-state index contributed by atoms with van der Waals surface area (Å²) in [5.41, 5.74) is 4.78. The smallest absolute Gasteiger partial charge is 0.0956 e. The Hall–Kier alpha value is -1.32. The number of nitrogens with zero attached hydrogens (tertiary/aromatic N) is 1. The first-order valence-electron chi connectivity index (χ1n) is 6.47. The van der Waals surface area contributed by atoms with Crippen molar-refractivity contribution in [1.29, 1.82) is 0 Å². The van der Waals surface area contributed by atoms with Crippen molar-refractivity contribution in [2.45, 2.75) is 27.2 Å². The molecule has 100 valence electrons.